The van der Waals surface area contributed by atoms with Crippen LogP contribution < -0.4 is 5.56 Å². The van der Waals surface area contributed by atoms with Gasteiger partial charge in [0, 0.05) is 38.3 Å². The van der Waals surface area contributed by atoms with Crippen molar-refractivity contribution in [1.82, 2.24) is 18.8 Å². The van der Waals surface area contributed by atoms with Crippen LogP contribution in [0, 0.1) is 6.92 Å². The summed E-state index contributed by atoms with van der Waals surface area (Å²) in [5, 5.41) is 0. The smallest absolute Gasteiger partial charge is 0.272 e. The van der Waals surface area contributed by atoms with Crippen molar-refractivity contribution in [3.05, 3.63) is 69.1 Å². The van der Waals surface area contributed by atoms with Gasteiger partial charge < -0.3 is 9.47 Å². The molecule has 1 saturated heterocycles. The standard InChI is InChI=1S/C26H30N4O4S/c1-3-30-24-11-9-21(17-23(24)27-18(2)25(30)31)26(32)28-12-14-29(15-13-28)35(33,34)22-10-8-19-6-4-5-7-20(19)16-22/h8-11,16-17H,3-7,12-15H2,1-2H3. The van der Waals surface area contributed by atoms with Gasteiger partial charge in [-0.25, -0.2) is 13.4 Å². The lowest BCUT2D eigenvalue weighted by molar-refractivity contribution is 0.0698. The number of carbonyl (C=O) groups excluding carboxylic acids is 1. The van der Waals surface area contributed by atoms with E-state index in [0.717, 1.165) is 31.2 Å². The van der Waals surface area contributed by atoms with E-state index in [2.05, 4.69) is 4.98 Å². The molecular formula is C26H30N4O4S. The van der Waals surface area contributed by atoms with Crippen LogP contribution in [0.3, 0.4) is 0 Å². The minimum atomic E-state index is -3.60. The Balaban J connectivity index is 1.32. The van der Waals surface area contributed by atoms with Gasteiger partial charge in [-0.05, 0) is 81.0 Å². The molecule has 0 unspecified atom stereocenters. The van der Waals surface area contributed by atoms with Crippen molar-refractivity contribution < 1.29 is 13.2 Å². The fraction of sp³-hybridized carbons (Fsp3) is 0.423. The maximum absolute atomic E-state index is 13.3. The van der Waals surface area contributed by atoms with E-state index in [4.69, 9.17) is 0 Å². The Morgan fingerprint density at radius 3 is 2.40 bits per heavy atom. The molecule has 5 rings (SSSR count). The molecule has 0 saturated carbocycles. The molecule has 0 N–H and O–H groups in total. The van der Waals surface area contributed by atoms with Crippen LogP contribution in [0.1, 0.15) is 46.9 Å². The molecule has 1 aliphatic heterocycles. The number of sulfonamides is 1. The molecule has 9 heteroatoms. The topological polar surface area (TPSA) is 92.6 Å². The highest BCUT2D eigenvalue weighted by Gasteiger charge is 2.31. The SMILES string of the molecule is CCn1c(=O)c(C)nc2cc(C(=O)N3CCN(S(=O)(=O)c4ccc5c(c4)CCCC5)CC3)ccc21. The number of benzene rings is 2. The molecule has 1 fully saturated rings. The number of amides is 1. The Morgan fingerprint density at radius 2 is 1.69 bits per heavy atom. The summed E-state index contributed by atoms with van der Waals surface area (Å²) in [4.78, 5) is 32.0. The van der Waals surface area contributed by atoms with Gasteiger partial charge in [-0.3, -0.25) is 9.59 Å². The average molecular weight is 495 g/mol. The number of nitrogens with zero attached hydrogens (tertiary/aromatic N) is 4. The Morgan fingerprint density at radius 1 is 0.971 bits per heavy atom. The van der Waals surface area contributed by atoms with Crippen molar-refractivity contribution in [3.8, 4) is 0 Å². The zero-order chi connectivity index (χ0) is 24.7. The number of hydrogen-bond donors (Lipinski definition) is 0. The zero-order valence-corrected chi connectivity index (χ0v) is 21.0. The first-order chi connectivity index (χ1) is 16.8. The van der Waals surface area contributed by atoms with Crippen LogP contribution in [-0.2, 0) is 29.4 Å². The van der Waals surface area contributed by atoms with Crippen LogP contribution in [0.5, 0.6) is 0 Å². The van der Waals surface area contributed by atoms with Gasteiger partial charge in [0.25, 0.3) is 11.5 Å². The van der Waals surface area contributed by atoms with Crippen LogP contribution in [0.25, 0.3) is 11.0 Å². The number of piperazine rings is 1. The van der Waals surface area contributed by atoms with Crippen molar-refractivity contribution in [3.63, 3.8) is 0 Å². The molecule has 3 aromatic rings. The quantitative estimate of drug-likeness (QED) is 0.556. The van der Waals surface area contributed by atoms with E-state index in [9.17, 15) is 18.0 Å². The second-order valence-electron chi connectivity index (χ2n) is 9.28. The lowest BCUT2D eigenvalue weighted by Crippen LogP contribution is -2.50. The molecule has 0 spiro atoms. The van der Waals surface area contributed by atoms with E-state index in [1.165, 1.54) is 9.87 Å². The summed E-state index contributed by atoms with van der Waals surface area (Å²) in [6, 6.07) is 10.7. The summed E-state index contributed by atoms with van der Waals surface area (Å²) in [6.45, 7) is 5.25. The molecule has 184 valence electrons. The molecule has 1 aromatic heterocycles. The highest BCUT2D eigenvalue weighted by atomic mass is 32.2. The van der Waals surface area contributed by atoms with Gasteiger partial charge in [-0.1, -0.05) is 6.07 Å². The molecule has 2 heterocycles. The Hall–Kier alpha value is -3.04. The summed E-state index contributed by atoms with van der Waals surface area (Å²) in [5.41, 5.74) is 4.43. The first kappa shape index (κ1) is 23.7. The second kappa shape index (κ2) is 9.20. The highest BCUT2D eigenvalue weighted by molar-refractivity contribution is 7.89. The fourth-order valence-electron chi connectivity index (χ4n) is 5.15. The predicted molar refractivity (Wildman–Crippen MR) is 134 cm³/mol. The number of hydrogen-bond acceptors (Lipinski definition) is 5. The number of fused-ring (bicyclic) bond motifs is 2. The van der Waals surface area contributed by atoms with Gasteiger partial charge in [0.2, 0.25) is 10.0 Å². The van der Waals surface area contributed by atoms with Crippen molar-refractivity contribution in [2.75, 3.05) is 26.2 Å². The lowest BCUT2D eigenvalue weighted by atomic mass is 9.92. The Kier molecular flexibility index (Phi) is 6.23. The monoisotopic (exact) mass is 494 g/mol. The summed E-state index contributed by atoms with van der Waals surface area (Å²) in [5.74, 6) is -0.161. The number of aryl methyl sites for hydroxylation is 4. The third-order valence-corrected chi connectivity index (χ3v) is 9.05. The molecule has 0 bridgehead atoms. The third-order valence-electron chi connectivity index (χ3n) is 7.16. The van der Waals surface area contributed by atoms with Gasteiger partial charge >= 0.3 is 0 Å². The minimum absolute atomic E-state index is 0.129. The minimum Gasteiger partial charge on any atom is -0.336 e. The molecule has 2 aliphatic rings. The number of rotatable bonds is 4. The van der Waals surface area contributed by atoms with Crippen molar-refractivity contribution in [2.45, 2.75) is 51.0 Å². The van der Waals surface area contributed by atoms with Crippen molar-refractivity contribution in [1.29, 1.82) is 0 Å². The maximum Gasteiger partial charge on any atom is 0.272 e. The lowest BCUT2D eigenvalue weighted by Gasteiger charge is -2.34. The van der Waals surface area contributed by atoms with Gasteiger partial charge in [0.05, 0.1) is 15.9 Å². The van der Waals surface area contributed by atoms with Gasteiger partial charge in [0.1, 0.15) is 5.69 Å². The average Bonchev–Trinajstić information content (AvgIpc) is 2.88. The first-order valence-corrected chi connectivity index (χ1v) is 13.7. The normalized spacial score (nSPS) is 16.9. The summed E-state index contributed by atoms with van der Waals surface area (Å²) in [6.07, 6.45) is 4.18. The molecule has 0 atom stereocenters. The first-order valence-electron chi connectivity index (χ1n) is 12.2. The second-order valence-corrected chi connectivity index (χ2v) is 11.2. The third kappa shape index (κ3) is 4.27. The number of aromatic nitrogens is 2. The maximum atomic E-state index is 13.3. The van der Waals surface area contributed by atoms with Gasteiger partial charge in [-0.2, -0.15) is 4.31 Å². The van der Waals surface area contributed by atoms with E-state index in [1.54, 1.807) is 40.7 Å². The Bertz CT molecular complexity index is 1470. The van der Waals surface area contributed by atoms with E-state index < -0.39 is 10.0 Å². The largest absolute Gasteiger partial charge is 0.336 e. The molecule has 2 aromatic carbocycles. The molecule has 1 aliphatic carbocycles. The van der Waals surface area contributed by atoms with E-state index >= 15 is 0 Å². The fourth-order valence-corrected chi connectivity index (χ4v) is 6.63. The summed E-state index contributed by atoms with van der Waals surface area (Å²) in [7, 11) is -3.60. The van der Waals surface area contributed by atoms with Gasteiger partial charge in [0.15, 0.2) is 0 Å². The Labute approximate surface area is 205 Å². The van der Waals surface area contributed by atoms with Crippen LogP contribution in [0.4, 0.5) is 0 Å². The molecule has 8 nitrogen and oxygen atoms in total. The van der Waals surface area contributed by atoms with Crippen LogP contribution in [-0.4, -0.2) is 59.3 Å². The van der Waals surface area contributed by atoms with E-state index in [1.807, 2.05) is 19.1 Å². The van der Waals surface area contributed by atoms with Crippen molar-refractivity contribution >= 4 is 27.0 Å². The van der Waals surface area contributed by atoms with Gasteiger partial charge in [-0.15, -0.1) is 0 Å². The molecule has 1 amide bonds. The van der Waals surface area contributed by atoms with Crippen LogP contribution >= 0.6 is 0 Å². The van der Waals surface area contributed by atoms with Crippen LogP contribution in [0.15, 0.2) is 46.1 Å². The zero-order valence-electron chi connectivity index (χ0n) is 20.2. The number of carbonyl (C=O) groups is 1. The van der Waals surface area contributed by atoms with Crippen molar-refractivity contribution in [2.24, 2.45) is 0 Å². The molecule has 0 radical (unpaired) electrons. The molecular weight excluding hydrogens is 464 g/mol. The van der Waals surface area contributed by atoms with E-state index in [-0.39, 0.29) is 24.6 Å². The summed E-state index contributed by atoms with van der Waals surface area (Å²) >= 11 is 0. The predicted octanol–water partition coefficient (Wildman–Crippen LogP) is 2.75. The highest BCUT2D eigenvalue weighted by Crippen LogP contribution is 2.26. The van der Waals surface area contributed by atoms with E-state index in [0.29, 0.717) is 46.8 Å². The molecule has 35 heavy (non-hydrogen) atoms. The van der Waals surface area contributed by atoms with Crippen LogP contribution in [0.2, 0.25) is 0 Å². The summed E-state index contributed by atoms with van der Waals surface area (Å²) < 4.78 is 29.7.